The molecule has 94 valence electrons. The summed E-state index contributed by atoms with van der Waals surface area (Å²) in [5.74, 6) is 5.08. The zero-order valence-electron chi connectivity index (χ0n) is 9.20. The summed E-state index contributed by atoms with van der Waals surface area (Å²) in [6.45, 7) is 0. The van der Waals surface area contributed by atoms with Gasteiger partial charge in [-0.3, -0.25) is 10.8 Å². The summed E-state index contributed by atoms with van der Waals surface area (Å²) >= 11 is 11.8. The SMILES string of the molecule is NNC(c1cncc(F)c1)c1ccc(Cl)c(Cl)c1. The molecule has 0 aliphatic rings. The van der Waals surface area contributed by atoms with Crippen molar-refractivity contribution in [3.63, 3.8) is 0 Å². The van der Waals surface area contributed by atoms with Gasteiger partial charge in [-0.25, -0.2) is 9.82 Å². The highest BCUT2D eigenvalue weighted by Crippen LogP contribution is 2.28. The van der Waals surface area contributed by atoms with E-state index in [-0.39, 0.29) is 0 Å². The van der Waals surface area contributed by atoms with Crippen molar-refractivity contribution in [2.24, 2.45) is 5.84 Å². The van der Waals surface area contributed by atoms with Crippen LogP contribution in [-0.2, 0) is 0 Å². The Morgan fingerprint density at radius 2 is 1.89 bits per heavy atom. The summed E-state index contributed by atoms with van der Waals surface area (Å²) in [5.41, 5.74) is 3.98. The number of nitrogens with zero attached hydrogens (tertiary/aromatic N) is 1. The standard InChI is InChI=1S/C12H10Cl2FN3/c13-10-2-1-7(4-11(10)14)12(18-16)8-3-9(15)6-17-5-8/h1-6,12,18H,16H2. The molecule has 1 unspecified atom stereocenters. The molecule has 0 radical (unpaired) electrons. The molecule has 0 aliphatic carbocycles. The molecular weight excluding hydrogens is 276 g/mol. The third-order valence-corrected chi connectivity index (χ3v) is 3.24. The van der Waals surface area contributed by atoms with Crippen LogP contribution in [0.1, 0.15) is 17.2 Å². The van der Waals surface area contributed by atoms with Crippen molar-refractivity contribution in [3.05, 3.63) is 63.6 Å². The highest BCUT2D eigenvalue weighted by molar-refractivity contribution is 6.42. The average molecular weight is 286 g/mol. The number of nitrogens with one attached hydrogen (secondary N) is 1. The van der Waals surface area contributed by atoms with E-state index in [0.717, 1.165) is 11.8 Å². The van der Waals surface area contributed by atoms with Crippen molar-refractivity contribution >= 4 is 23.2 Å². The van der Waals surface area contributed by atoms with Gasteiger partial charge in [0.15, 0.2) is 0 Å². The Morgan fingerprint density at radius 1 is 1.11 bits per heavy atom. The molecule has 0 fully saturated rings. The Morgan fingerprint density at radius 3 is 2.50 bits per heavy atom. The number of hydrazine groups is 1. The van der Waals surface area contributed by atoms with Crippen LogP contribution >= 0.6 is 23.2 Å². The number of aromatic nitrogens is 1. The molecule has 0 saturated carbocycles. The van der Waals surface area contributed by atoms with Gasteiger partial charge in [0.25, 0.3) is 0 Å². The molecule has 1 atom stereocenters. The lowest BCUT2D eigenvalue weighted by Crippen LogP contribution is -2.29. The molecule has 0 amide bonds. The number of rotatable bonds is 3. The molecule has 3 nitrogen and oxygen atoms in total. The van der Waals surface area contributed by atoms with Crippen LogP contribution in [0.5, 0.6) is 0 Å². The Bertz CT molecular complexity index is 563. The second-order valence-electron chi connectivity index (χ2n) is 3.71. The quantitative estimate of drug-likeness (QED) is 0.673. The van der Waals surface area contributed by atoms with Crippen molar-refractivity contribution in [2.75, 3.05) is 0 Å². The van der Waals surface area contributed by atoms with Crippen LogP contribution in [0.25, 0.3) is 0 Å². The number of halogens is 3. The zero-order valence-corrected chi connectivity index (χ0v) is 10.7. The minimum absolute atomic E-state index is 0.400. The Kier molecular flexibility index (Phi) is 4.14. The predicted octanol–water partition coefficient (Wildman–Crippen LogP) is 3.08. The predicted molar refractivity (Wildman–Crippen MR) is 69.8 cm³/mol. The topological polar surface area (TPSA) is 50.9 Å². The fourth-order valence-electron chi connectivity index (χ4n) is 1.66. The van der Waals surface area contributed by atoms with Gasteiger partial charge in [-0.05, 0) is 29.3 Å². The average Bonchev–Trinajstić information content (AvgIpc) is 2.35. The van der Waals surface area contributed by atoms with Crippen LogP contribution in [0.3, 0.4) is 0 Å². The molecule has 2 rings (SSSR count). The van der Waals surface area contributed by atoms with Gasteiger partial charge in [0.2, 0.25) is 0 Å². The van der Waals surface area contributed by atoms with Gasteiger partial charge in [0, 0.05) is 6.20 Å². The van der Waals surface area contributed by atoms with E-state index in [9.17, 15) is 4.39 Å². The van der Waals surface area contributed by atoms with Gasteiger partial charge < -0.3 is 0 Å². The number of hydrogen-bond donors (Lipinski definition) is 2. The van der Waals surface area contributed by atoms with Crippen LogP contribution in [-0.4, -0.2) is 4.98 Å². The normalized spacial score (nSPS) is 12.4. The van der Waals surface area contributed by atoms with Gasteiger partial charge >= 0.3 is 0 Å². The van der Waals surface area contributed by atoms with E-state index in [2.05, 4.69) is 10.4 Å². The Balaban J connectivity index is 2.42. The molecule has 0 spiro atoms. The minimum atomic E-state index is -0.423. The zero-order chi connectivity index (χ0) is 13.1. The second-order valence-corrected chi connectivity index (χ2v) is 4.52. The smallest absolute Gasteiger partial charge is 0.141 e. The molecule has 0 bridgehead atoms. The summed E-state index contributed by atoms with van der Waals surface area (Å²) in [4.78, 5) is 3.79. The third kappa shape index (κ3) is 2.79. The molecule has 18 heavy (non-hydrogen) atoms. The summed E-state index contributed by atoms with van der Waals surface area (Å²) < 4.78 is 13.1. The van der Waals surface area contributed by atoms with Crippen LogP contribution in [0.2, 0.25) is 10.0 Å². The number of benzene rings is 1. The highest BCUT2D eigenvalue weighted by atomic mass is 35.5. The molecule has 3 N–H and O–H groups in total. The van der Waals surface area contributed by atoms with Gasteiger partial charge in [-0.15, -0.1) is 0 Å². The van der Waals surface area contributed by atoms with E-state index < -0.39 is 11.9 Å². The minimum Gasteiger partial charge on any atom is -0.271 e. The second kappa shape index (κ2) is 5.63. The number of nitrogens with two attached hydrogens (primary N) is 1. The number of hydrogen-bond acceptors (Lipinski definition) is 3. The first-order valence-electron chi connectivity index (χ1n) is 5.13. The lowest BCUT2D eigenvalue weighted by molar-refractivity contribution is 0.598. The van der Waals surface area contributed by atoms with E-state index in [1.165, 1.54) is 12.3 Å². The first-order chi connectivity index (χ1) is 8.61. The van der Waals surface area contributed by atoms with E-state index in [1.54, 1.807) is 18.2 Å². The summed E-state index contributed by atoms with van der Waals surface area (Å²) in [6, 6.07) is 6.07. The fraction of sp³-hybridized carbons (Fsp3) is 0.0833. The maximum Gasteiger partial charge on any atom is 0.141 e. The maximum atomic E-state index is 13.1. The first-order valence-corrected chi connectivity index (χ1v) is 5.89. The van der Waals surface area contributed by atoms with Crippen LogP contribution in [0, 0.1) is 5.82 Å². The highest BCUT2D eigenvalue weighted by Gasteiger charge is 2.14. The van der Waals surface area contributed by atoms with E-state index >= 15 is 0 Å². The Labute approximate surface area is 114 Å². The van der Waals surface area contributed by atoms with Crippen LogP contribution in [0.4, 0.5) is 4.39 Å². The van der Waals surface area contributed by atoms with Crippen molar-refractivity contribution in [1.29, 1.82) is 0 Å². The number of pyridine rings is 1. The molecule has 2 aromatic rings. The van der Waals surface area contributed by atoms with E-state index in [0.29, 0.717) is 15.6 Å². The van der Waals surface area contributed by atoms with E-state index in [4.69, 9.17) is 29.0 Å². The van der Waals surface area contributed by atoms with Gasteiger partial charge in [-0.2, -0.15) is 0 Å². The van der Waals surface area contributed by atoms with Gasteiger partial charge in [0.1, 0.15) is 5.82 Å². The summed E-state index contributed by atoms with van der Waals surface area (Å²) in [6.07, 6.45) is 2.67. The van der Waals surface area contributed by atoms with Crippen molar-refractivity contribution in [3.8, 4) is 0 Å². The Hall–Kier alpha value is -1.20. The van der Waals surface area contributed by atoms with Crippen LogP contribution in [0.15, 0.2) is 36.7 Å². The summed E-state index contributed by atoms with van der Waals surface area (Å²) in [5, 5.41) is 0.868. The fourth-order valence-corrected chi connectivity index (χ4v) is 1.97. The molecule has 1 aromatic heterocycles. The lowest BCUT2D eigenvalue weighted by atomic mass is 10.0. The maximum absolute atomic E-state index is 13.1. The monoisotopic (exact) mass is 285 g/mol. The van der Waals surface area contributed by atoms with Crippen molar-refractivity contribution in [1.82, 2.24) is 10.4 Å². The molecule has 6 heteroatoms. The lowest BCUT2D eigenvalue weighted by Gasteiger charge is -2.17. The molecule has 1 heterocycles. The van der Waals surface area contributed by atoms with Gasteiger partial charge in [-0.1, -0.05) is 29.3 Å². The van der Waals surface area contributed by atoms with Crippen molar-refractivity contribution in [2.45, 2.75) is 6.04 Å². The molecule has 1 aromatic carbocycles. The van der Waals surface area contributed by atoms with E-state index in [1.807, 2.05) is 0 Å². The van der Waals surface area contributed by atoms with Crippen molar-refractivity contribution < 1.29 is 4.39 Å². The molecule has 0 aliphatic heterocycles. The first kappa shape index (κ1) is 13.2. The third-order valence-electron chi connectivity index (χ3n) is 2.50. The summed E-state index contributed by atoms with van der Waals surface area (Å²) in [7, 11) is 0. The van der Waals surface area contributed by atoms with Crippen LogP contribution < -0.4 is 11.3 Å². The largest absolute Gasteiger partial charge is 0.271 e. The molecular formula is C12H10Cl2FN3. The molecule has 0 saturated heterocycles. The van der Waals surface area contributed by atoms with Gasteiger partial charge in [0.05, 0.1) is 22.3 Å².